The number of aliphatic carboxylic acids is 1. The fraction of sp³-hybridized carbons (Fsp3) is 0.231. The summed E-state index contributed by atoms with van der Waals surface area (Å²) < 4.78 is 5.55. The summed E-state index contributed by atoms with van der Waals surface area (Å²) >= 11 is 0. The summed E-state index contributed by atoms with van der Waals surface area (Å²) in [7, 11) is 1.59. The first-order valence-corrected chi connectivity index (χ1v) is 5.59. The van der Waals surface area contributed by atoms with Crippen LogP contribution < -0.4 is 10.1 Å². The van der Waals surface area contributed by atoms with Crippen LogP contribution in [0.1, 0.15) is 0 Å². The Morgan fingerprint density at radius 2 is 2.28 bits per heavy atom. The van der Waals surface area contributed by atoms with Gasteiger partial charge in [0, 0.05) is 11.6 Å². The zero-order chi connectivity index (χ0) is 13.0. The molecule has 0 aliphatic rings. The standard InChI is InChI=1S/C13H14N2O3/c1-14-11(13(16)17)8-18-12-6-2-5-10-9(12)4-3-7-15-10/h2-7,11,14H,8H2,1H3,(H,16,17). The molecule has 1 atom stereocenters. The lowest BCUT2D eigenvalue weighted by atomic mass is 10.2. The normalized spacial score (nSPS) is 12.3. The molecule has 5 nitrogen and oxygen atoms in total. The SMILES string of the molecule is CNC(COc1cccc2ncccc12)C(=O)O. The largest absolute Gasteiger partial charge is 0.491 e. The Bertz CT molecular complexity index is 551. The highest BCUT2D eigenvalue weighted by atomic mass is 16.5. The molecular weight excluding hydrogens is 232 g/mol. The Balaban J connectivity index is 2.19. The van der Waals surface area contributed by atoms with Crippen molar-refractivity contribution in [2.45, 2.75) is 6.04 Å². The van der Waals surface area contributed by atoms with Crippen LogP contribution in [0.2, 0.25) is 0 Å². The Morgan fingerprint density at radius 1 is 1.44 bits per heavy atom. The quantitative estimate of drug-likeness (QED) is 0.831. The molecule has 2 N–H and O–H groups in total. The topological polar surface area (TPSA) is 71.5 Å². The van der Waals surface area contributed by atoms with Crippen molar-refractivity contribution in [2.75, 3.05) is 13.7 Å². The lowest BCUT2D eigenvalue weighted by Crippen LogP contribution is -2.39. The molecule has 18 heavy (non-hydrogen) atoms. The van der Waals surface area contributed by atoms with E-state index < -0.39 is 12.0 Å². The number of pyridine rings is 1. The molecule has 2 rings (SSSR count). The predicted molar refractivity (Wildman–Crippen MR) is 67.7 cm³/mol. The third-order valence-electron chi connectivity index (χ3n) is 2.66. The summed E-state index contributed by atoms with van der Waals surface area (Å²) in [6, 6.07) is 8.51. The molecule has 0 saturated carbocycles. The second-order valence-corrected chi connectivity index (χ2v) is 3.82. The van der Waals surface area contributed by atoms with Gasteiger partial charge in [0.05, 0.1) is 5.52 Å². The summed E-state index contributed by atoms with van der Waals surface area (Å²) in [4.78, 5) is 15.1. The van der Waals surface area contributed by atoms with Gasteiger partial charge in [-0.1, -0.05) is 6.07 Å². The van der Waals surface area contributed by atoms with Gasteiger partial charge in [0.1, 0.15) is 18.4 Å². The molecule has 0 fully saturated rings. The first kappa shape index (κ1) is 12.3. The van der Waals surface area contributed by atoms with Crippen LogP contribution in [0.5, 0.6) is 5.75 Å². The molecule has 0 amide bonds. The summed E-state index contributed by atoms with van der Waals surface area (Å²) in [5.74, 6) is -0.294. The fourth-order valence-electron chi connectivity index (χ4n) is 1.65. The molecule has 1 aromatic heterocycles. The molecule has 0 radical (unpaired) electrons. The zero-order valence-electron chi connectivity index (χ0n) is 9.96. The highest BCUT2D eigenvalue weighted by molar-refractivity contribution is 5.84. The molecule has 94 valence electrons. The Hall–Kier alpha value is -2.14. The van der Waals surface area contributed by atoms with E-state index in [-0.39, 0.29) is 6.61 Å². The third-order valence-corrected chi connectivity index (χ3v) is 2.66. The van der Waals surface area contributed by atoms with Crippen molar-refractivity contribution in [1.29, 1.82) is 0 Å². The minimum atomic E-state index is -0.934. The zero-order valence-corrected chi connectivity index (χ0v) is 9.96. The van der Waals surface area contributed by atoms with E-state index in [1.165, 1.54) is 0 Å². The van der Waals surface area contributed by atoms with Crippen LogP contribution in [-0.2, 0) is 4.79 Å². The van der Waals surface area contributed by atoms with E-state index in [0.29, 0.717) is 5.75 Å². The van der Waals surface area contributed by atoms with Crippen LogP contribution in [0.15, 0.2) is 36.5 Å². The number of likely N-dealkylation sites (N-methyl/N-ethyl adjacent to an activating group) is 1. The third kappa shape index (κ3) is 2.57. The van der Waals surface area contributed by atoms with Crippen molar-refractivity contribution in [3.8, 4) is 5.75 Å². The Labute approximate surface area is 104 Å². The van der Waals surface area contributed by atoms with Gasteiger partial charge in [-0.2, -0.15) is 0 Å². The lowest BCUT2D eigenvalue weighted by molar-refractivity contribution is -0.140. The van der Waals surface area contributed by atoms with Crippen molar-refractivity contribution in [1.82, 2.24) is 10.3 Å². The molecule has 0 aliphatic heterocycles. The molecule has 1 heterocycles. The van der Waals surface area contributed by atoms with Gasteiger partial charge < -0.3 is 15.2 Å². The average molecular weight is 246 g/mol. The summed E-state index contributed by atoms with van der Waals surface area (Å²) in [6.45, 7) is 0.0693. The fourth-order valence-corrected chi connectivity index (χ4v) is 1.65. The van der Waals surface area contributed by atoms with Crippen LogP contribution in [0.25, 0.3) is 10.9 Å². The summed E-state index contributed by atoms with van der Waals surface area (Å²) in [5.41, 5.74) is 0.825. The lowest BCUT2D eigenvalue weighted by Gasteiger charge is -2.13. The van der Waals surface area contributed by atoms with E-state index >= 15 is 0 Å². The van der Waals surface area contributed by atoms with Gasteiger partial charge in [-0.25, -0.2) is 0 Å². The minimum Gasteiger partial charge on any atom is -0.491 e. The van der Waals surface area contributed by atoms with E-state index in [0.717, 1.165) is 10.9 Å². The number of rotatable bonds is 5. The molecule has 5 heteroatoms. The Kier molecular flexibility index (Phi) is 3.74. The van der Waals surface area contributed by atoms with E-state index in [2.05, 4.69) is 10.3 Å². The van der Waals surface area contributed by atoms with E-state index in [1.54, 1.807) is 19.3 Å². The van der Waals surface area contributed by atoms with Crippen LogP contribution >= 0.6 is 0 Å². The number of fused-ring (bicyclic) bond motifs is 1. The van der Waals surface area contributed by atoms with Gasteiger partial charge in [0.15, 0.2) is 0 Å². The highest BCUT2D eigenvalue weighted by Crippen LogP contribution is 2.23. The van der Waals surface area contributed by atoms with Crippen LogP contribution in [-0.4, -0.2) is 35.8 Å². The summed E-state index contributed by atoms with van der Waals surface area (Å²) in [5, 5.41) is 12.5. The van der Waals surface area contributed by atoms with Crippen LogP contribution in [0, 0.1) is 0 Å². The number of hydrogen-bond donors (Lipinski definition) is 2. The van der Waals surface area contributed by atoms with Gasteiger partial charge in [-0.05, 0) is 31.3 Å². The number of carboxylic acid groups (broad SMARTS) is 1. The maximum atomic E-state index is 10.9. The second-order valence-electron chi connectivity index (χ2n) is 3.82. The van der Waals surface area contributed by atoms with Gasteiger partial charge in [0.25, 0.3) is 0 Å². The van der Waals surface area contributed by atoms with Crippen molar-refractivity contribution in [3.05, 3.63) is 36.5 Å². The molecule has 0 aliphatic carbocycles. The predicted octanol–water partition coefficient (Wildman–Crippen LogP) is 1.29. The summed E-state index contributed by atoms with van der Waals surface area (Å²) in [6.07, 6.45) is 1.71. The molecule has 1 unspecified atom stereocenters. The molecule has 1 aromatic carbocycles. The van der Waals surface area contributed by atoms with Crippen molar-refractivity contribution >= 4 is 16.9 Å². The number of ether oxygens (including phenoxy) is 1. The molecular formula is C13H14N2O3. The maximum Gasteiger partial charge on any atom is 0.324 e. The van der Waals surface area contributed by atoms with E-state index in [1.807, 2.05) is 24.3 Å². The average Bonchev–Trinajstić information content (AvgIpc) is 2.39. The number of nitrogens with zero attached hydrogens (tertiary/aromatic N) is 1. The first-order chi connectivity index (χ1) is 8.72. The van der Waals surface area contributed by atoms with Crippen LogP contribution in [0.3, 0.4) is 0 Å². The van der Waals surface area contributed by atoms with E-state index in [9.17, 15) is 4.79 Å². The van der Waals surface area contributed by atoms with Crippen molar-refractivity contribution < 1.29 is 14.6 Å². The second kappa shape index (κ2) is 5.46. The number of benzene rings is 1. The molecule has 0 spiro atoms. The van der Waals surface area contributed by atoms with Crippen molar-refractivity contribution in [3.63, 3.8) is 0 Å². The number of carbonyl (C=O) groups is 1. The van der Waals surface area contributed by atoms with Gasteiger partial charge in [-0.3, -0.25) is 9.78 Å². The number of nitrogens with one attached hydrogen (secondary N) is 1. The molecule has 2 aromatic rings. The number of hydrogen-bond acceptors (Lipinski definition) is 4. The molecule has 0 saturated heterocycles. The van der Waals surface area contributed by atoms with Gasteiger partial charge >= 0.3 is 5.97 Å². The van der Waals surface area contributed by atoms with E-state index in [4.69, 9.17) is 9.84 Å². The Morgan fingerprint density at radius 3 is 3.00 bits per heavy atom. The highest BCUT2D eigenvalue weighted by Gasteiger charge is 2.15. The van der Waals surface area contributed by atoms with Gasteiger partial charge in [0.2, 0.25) is 0 Å². The minimum absolute atomic E-state index is 0.0693. The first-order valence-electron chi connectivity index (χ1n) is 5.59. The molecule has 0 bridgehead atoms. The monoisotopic (exact) mass is 246 g/mol. The van der Waals surface area contributed by atoms with Crippen LogP contribution in [0.4, 0.5) is 0 Å². The smallest absolute Gasteiger partial charge is 0.324 e. The number of carboxylic acids is 1. The van der Waals surface area contributed by atoms with Gasteiger partial charge in [-0.15, -0.1) is 0 Å². The number of aromatic nitrogens is 1. The van der Waals surface area contributed by atoms with Crippen molar-refractivity contribution in [2.24, 2.45) is 0 Å². The maximum absolute atomic E-state index is 10.9.